The SMILES string of the molecule is CCOc1ncccc1C(=O)NCc1cccc(NC(=O)c2ccc(F)cc2)c1. The molecule has 0 unspecified atom stereocenters. The molecule has 2 amide bonds. The largest absolute Gasteiger partial charge is 0.477 e. The van der Waals surface area contributed by atoms with E-state index in [1.807, 2.05) is 13.0 Å². The molecule has 0 bridgehead atoms. The lowest BCUT2D eigenvalue weighted by Crippen LogP contribution is -2.24. The van der Waals surface area contributed by atoms with Gasteiger partial charge in [0, 0.05) is 24.0 Å². The first kappa shape index (κ1) is 20.0. The minimum absolute atomic E-state index is 0.263. The summed E-state index contributed by atoms with van der Waals surface area (Å²) in [5, 5.41) is 5.58. The zero-order valence-corrected chi connectivity index (χ0v) is 15.8. The van der Waals surface area contributed by atoms with Crippen molar-refractivity contribution >= 4 is 17.5 Å². The molecule has 0 aliphatic rings. The number of aromatic nitrogens is 1. The summed E-state index contributed by atoms with van der Waals surface area (Å²) in [6.45, 7) is 2.49. The quantitative estimate of drug-likeness (QED) is 0.640. The fourth-order valence-electron chi connectivity index (χ4n) is 2.66. The Labute approximate surface area is 167 Å². The molecule has 29 heavy (non-hydrogen) atoms. The number of pyridine rings is 1. The second-order valence-corrected chi connectivity index (χ2v) is 6.13. The third kappa shape index (κ3) is 5.38. The second kappa shape index (κ2) is 9.45. The number of benzene rings is 2. The molecule has 1 aromatic heterocycles. The van der Waals surface area contributed by atoms with Crippen LogP contribution in [0.1, 0.15) is 33.2 Å². The van der Waals surface area contributed by atoms with Gasteiger partial charge in [0.1, 0.15) is 11.4 Å². The van der Waals surface area contributed by atoms with Crippen molar-refractivity contribution in [1.82, 2.24) is 10.3 Å². The van der Waals surface area contributed by atoms with Crippen molar-refractivity contribution < 1.29 is 18.7 Å². The van der Waals surface area contributed by atoms with Crippen LogP contribution in [-0.4, -0.2) is 23.4 Å². The summed E-state index contributed by atoms with van der Waals surface area (Å²) in [6.07, 6.45) is 1.56. The molecule has 3 aromatic rings. The molecule has 7 heteroatoms. The highest BCUT2D eigenvalue weighted by molar-refractivity contribution is 6.04. The fourth-order valence-corrected chi connectivity index (χ4v) is 2.66. The third-order valence-corrected chi connectivity index (χ3v) is 4.04. The minimum atomic E-state index is -0.402. The van der Waals surface area contributed by atoms with Crippen LogP contribution in [0.5, 0.6) is 5.88 Å². The average Bonchev–Trinajstić information content (AvgIpc) is 2.73. The van der Waals surface area contributed by atoms with Crippen LogP contribution in [0.15, 0.2) is 66.9 Å². The van der Waals surface area contributed by atoms with Gasteiger partial charge in [-0.15, -0.1) is 0 Å². The number of amides is 2. The average molecular weight is 393 g/mol. The van der Waals surface area contributed by atoms with Crippen LogP contribution in [0.4, 0.5) is 10.1 Å². The van der Waals surface area contributed by atoms with Crippen LogP contribution in [0.2, 0.25) is 0 Å². The predicted octanol–water partition coefficient (Wildman–Crippen LogP) is 3.80. The lowest BCUT2D eigenvalue weighted by molar-refractivity contribution is 0.0945. The molecule has 0 fully saturated rings. The zero-order valence-electron chi connectivity index (χ0n) is 15.8. The molecule has 148 valence electrons. The highest BCUT2D eigenvalue weighted by atomic mass is 19.1. The summed E-state index contributed by atoms with van der Waals surface area (Å²) in [4.78, 5) is 28.8. The topological polar surface area (TPSA) is 80.3 Å². The van der Waals surface area contributed by atoms with E-state index in [9.17, 15) is 14.0 Å². The highest BCUT2D eigenvalue weighted by Crippen LogP contribution is 2.16. The lowest BCUT2D eigenvalue weighted by atomic mass is 10.1. The molecule has 1 heterocycles. The van der Waals surface area contributed by atoms with Gasteiger partial charge in [-0.3, -0.25) is 9.59 Å². The molecule has 0 radical (unpaired) electrons. The van der Waals surface area contributed by atoms with E-state index in [0.717, 1.165) is 5.56 Å². The second-order valence-electron chi connectivity index (χ2n) is 6.13. The molecule has 0 spiro atoms. The van der Waals surface area contributed by atoms with Crippen molar-refractivity contribution in [3.63, 3.8) is 0 Å². The predicted molar refractivity (Wildman–Crippen MR) is 107 cm³/mol. The smallest absolute Gasteiger partial charge is 0.257 e. The van der Waals surface area contributed by atoms with Gasteiger partial charge in [0.2, 0.25) is 5.88 Å². The molecule has 2 aromatic carbocycles. The van der Waals surface area contributed by atoms with Gasteiger partial charge >= 0.3 is 0 Å². The molecule has 0 saturated carbocycles. The Morgan fingerprint density at radius 2 is 1.83 bits per heavy atom. The van der Waals surface area contributed by atoms with Gasteiger partial charge in [-0.1, -0.05) is 12.1 Å². The van der Waals surface area contributed by atoms with Crippen LogP contribution < -0.4 is 15.4 Å². The van der Waals surface area contributed by atoms with Crippen LogP contribution in [0.25, 0.3) is 0 Å². The normalized spacial score (nSPS) is 10.3. The molecule has 3 rings (SSSR count). The summed E-state index contributed by atoms with van der Waals surface area (Å²) < 4.78 is 18.4. The Morgan fingerprint density at radius 1 is 1.03 bits per heavy atom. The highest BCUT2D eigenvalue weighted by Gasteiger charge is 2.13. The van der Waals surface area contributed by atoms with Gasteiger partial charge in [0.15, 0.2) is 0 Å². The van der Waals surface area contributed by atoms with Crippen LogP contribution in [0, 0.1) is 5.82 Å². The number of halogens is 1. The first-order valence-electron chi connectivity index (χ1n) is 9.08. The standard InChI is InChI=1S/C22H20FN3O3/c1-2-29-22-19(7-4-12-24-22)21(28)25-14-15-5-3-6-18(13-15)26-20(27)16-8-10-17(23)11-9-16/h3-13H,2,14H2,1H3,(H,25,28)(H,26,27). The Bertz CT molecular complexity index is 1010. The van der Waals surface area contributed by atoms with E-state index in [4.69, 9.17) is 4.74 Å². The number of hydrogen-bond donors (Lipinski definition) is 2. The van der Waals surface area contributed by atoms with Crippen LogP contribution in [-0.2, 0) is 6.54 Å². The van der Waals surface area contributed by atoms with E-state index in [0.29, 0.717) is 23.4 Å². The van der Waals surface area contributed by atoms with Crippen molar-refractivity contribution in [3.05, 3.63) is 89.4 Å². The zero-order chi connectivity index (χ0) is 20.6. The molecule has 0 aliphatic carbocycles. The van der Waals surface area contributed by atoms with E-state index in [1.54, 1.807) is 36.5 Å². The number of nitrogens with zero attached hydrogens (tertiary/aromatic N) is 1. The van der Waals surface area contributed by atoms with Crippen molar-refractivity contribution in [1.29, 1.82) is 0 Å². The van der Waals surface area contributed by atoms with E-state index in [1.165, 1.54) is 24.3 Å². The summed E-state index contributed by atoms with van der Waals surface area (Å²) in [5.41, 5.74) is 2.08. The van der Waals surface area contributed by atoms with Crippen molar-refractivity contribution in [2.75, 3.05) is 11.9 Å². The Balaban J connectivity index is 1.63. The van der Waals surface area contributed by atoms with E-state index in [-0.39, 0.29) is 24.2 Å². The molecule has 6 nitrogen and oxygen atoms in total. The Morgan fingerprint density at radius 3 is 2.59 bits per heavy atom. The van der Waals surface area contributed by atoms with Gasteiger partial charge in [0.25, 0.3) is 11.8 Å². The Hall–Kier alpha value is -3.74. The lowest BCUT2D eigenvalue weighted by Gasteiger charge is -2.11. The molecule has 0 atom stereocenters. The van der Waals surface area contributed by atoms with Gasteiger partial charge in [0.05, 0.1) is 6.61 Å². The van der Waals surface area contributed by atoms with Crippen LogP contribution in [0.3, 0.4) is 0 Å². The number of carbonyl (C=O) groups excluding carboxylic acids is 2. The van der Waals surface area contributed by atoms with E-state index in [2.05, 4.69) is 15.6 Å². The summed E-state index contributed by atoms with van der Waals surface area (Å²) >= 11 is 0. The van der Waals surface area contributed by atoms with Gasteiger partial charge in [-0.05, 0) is 61.0 Å². The monoisotopic (exact) mass is 393 g/mol. The molecule has 0 saturated heterocycles. The number of anilines is 1. The number of hydrogen-bond acceptors (Lipinski definition) is 4. The van der Waals surface area contributed by atoms with Crippen molar-refractivity contribution in [2.24, 2.45) is 0 Å². The summed E-state index contributed by atoms with van der Waals surface area (Å²) in [7, 11) is 0. The van der Waals surface area contributed by atoms with E-state index >= 15 is 0 Å². The van der Waals surface area contributed by atoms with E-state index < -0.39 is 5.82 Å². The Kier molecular flexibility index (Phi) is 6.52. The maximum absolute atomic E-state index is 13.0. The van der Waals surface area contributed by atoms with Crippen molar-refractivity contribution in [2.45, 2.75) is 13.5 Å². The van der Waals surface area contributed by atoms with Crippen LogP contribution >= 0.6 is 0 Å². The number of nitrogens with one attached hydrogen (secondary N) is 2. The maximum Gasteiger partial charge on any atom is 0.257 e. The molecular formula is C22H20FN3O3. The van der Waals surface area contributed by atoms with Gasteiger partial charge in [-0.2, -0.15) is 0 Å². The minimum Gasteiger partial charge on any atom is -0.477 e. The van der Waals surface area contributed by atoms with Gasteiger partial charge in [-0.25, -0.2) is 9.37 Å². The number of rotatable bonds is 7. The summed E-state index contributed by atoms with van der Waals surface area (Å²) in [6, 6.07) is 15.7. The molecular weight excluding hydrogens is 373 g/mol. The molecule has 2 N–H and O–H groups in total. The maximum atomic E-state index is 13.0. The number of ether oxygens (including phenoxy) is 1. The van der Waals surface area contributed by atoms with Crippen molar-refractivity contribution in [3.8, 4) is 5.88 Å². The first-order chi connectivity index (χ1) is 14.1. The fraction of sp³-hybridized carbons (Fsp3) is 0.136. The first-order valence-corrected chi connectivity index (χ1v) is 9.08. The van der Waals surface area contributed by atoms with Gasteiger partial charge < -0.3 is 15.4 Å². The number of carbonyl (C=O) groups is 2. The summed E-state index contributed by atoms with van der Waals surface area (Å²) in [5.74, 6) is -0.765. The third-order valence-electron chi connectivity index (χ3n) is 4.04. The molecule has 0 aliphatic heterocycles.